The average molecular weight is 560 g/mol. The molecule has 2 aliphatic heterocycles. The van der Waals surface area contributed by atoms with Crippen molar-refractivity contribution in [2.75, 3.05) is 44.6 Å². The van der Waals surface area contributed by atoms with Gasteiger partial charge in [-0.05, 0) is 107 Å². The van der Waals surface area contributed by atoms with E-state index in [1.807, 2.05) is 16.8 Å². The SMILES string of the molecule is Cc1ccc2c(ccn2-c2ccnc(Nc3ccc(S(=O)(=O)N(CCN4CCCC4)C4CCNCC4)cc3)n2)c1. The van der Waals surface area contributed by atoms with Crippen molar-refractivity contribution in [1.29, 1.82) is 0 Å². The molecule has 2 aromatic heterocycles. The van der Waals surface area contributed by atoms with Crippen LogP contribution in [0, 0.1) is 6.92 Å². The summed E-state index contributed by atoms with van der Waals surface area (Å²) in [6.45, 7) is 7.21. The third-order valence-electron chi connectivity index (χ3n) is 8.00. The highest BCUT2D eigenvalue weighted by Crippen LogP contribution is 2.26. The van der Waals surface area contributed by atoms with E-state index in [1.54, 1.807) is 34.8 Å². The number of hydrogen-bond acceptors (Lipinski definition) is 7. The zero-order chi connectivity index (χ0) is 27.5. The van der Waals surface area contributed by atoms with Gasteiger partial charge in [0.2, 0.25) is 16.0 Å². The molecule has 10 heteroatoms. The molecule has 0 aliphatic carbocycles. The summed E-state index contributed by atoms with van der Waals surface area (Å²) in [6.07, 6.45) is 7.80. The number of rotatable bonds is 9. The van der Waals surface area contributed by atoms with E-state index < -0.39 is 10.0 Å². The van der Waals surface area contributed by atoms with Crippen molar-refractivity contribution in [3.63, 3.8) is 0 Å². The number of anilines is 2. The number of nitrogens with one attached hydrogen (secondary N) is 2. The van der Waals surface area contributed by atoms with Gasteiger partial charge in [0.1, 0.15) is 5.82 Å². The van der Waals surface area contributed by atoms with Gasteiger partial charge < -0.3 is 20.1 Å². The fourth-order valence-electron chi connectivity index (χ4n) is 5.82. The molecule has 0 radical (unpaired) electrons. The van der Waals surface area contributed by atoms with Crippen molar-refractivity contribution in [3.05, 3.63) is 72.6 Å². The maximum absolute atomic E-state index is 13.8. The Bertz CT molecular complexity index is 1560. The second-order valence-corrected chi connectivity index (χ2v) is 12.7. The number of aryl methyl sites for hydroxylation is 1. The minimum absolute atomic E-state index is 0.0245. The molecule has 0 spiro atoms. The molecule has 6 rings (SSSR count). The Labute approximate surface area is 236 Å². The molecule has 2 fully saturated rings. The number of likely N-dealkylation sites (tertiary alicyclic amines) is 1. The molecule has 40 heavy (non-hydrogen) atoms. The zero-order valence-electron chi connectivity index (χ0n) is 23.0. The van der Waals surface area contributed by atoms with Gasteiger partial charge in [-0.3, -0.25) is 0 Å². The van der Waals surface area contributed by atoms with Gasteiger partial charge in [0.15, 0.2) is 0 Å². The monoisotopic (exact) mass is 559 g/mol. The second-order valence-electron chi connectivity index (χ2n) is 10.8. The number of hydrogen-bond donors (Lipinski definition) is 2. The quantitative estimate of drug-likeness (QED) is 0.316. The summed E-state index contributed by atoms with van der Waals surface area (Å²) in [5, 5.41) is 7.75. The number of sulfonamides is 1. The molecule has 210 valence electrons. The molecule has 2 saturated heterocycles. The standard InChI is InChI=1S/C30H37N7O2S/c1-23-4-9-28-24(22-23)13-19-36(28)29-12-16-32-30(34-29)33-25-5-7-27(8-6-25)40(38,39)37(26-10-14-31-15-11-26)21-20-35-17-2-3-18-35/h4-9,12-13,16,19,22,26,31H,2-3,10-11,14-15,17-18,20-21H2,1H3,(H,32,33,34). The first kappa shape index (κ1) is 26.9. The summed E-state index contributed by atoms with van der Waals surface area (Å²) in [5.74, 6) is 1.20. The van der Waals surface area contributed by atoms with Crippen molar-refractivity contribution in [1.82, 2.24) is 29.1 Å². The average Bonchev–Trinajstić information content (AvgIpc) is 3.64. The van der Waals surface area contributed by atoms with Crippen LogP contribution in [0.5, 0.6) is 0 Å². The lowest BCUT2D eigenvalue weighted by atomic mass is 10.1. The lowest BCUT2D eigenvalue weighted by molar-refractivity contribution is 0.228. The van der Waals surface area contributed by atoms with Crippen LogP contribution in [-0.4, -0.2) is 77.5 Å². The predicted octanol–water partition coefficient (Wildman–Crippen LogP) is 4.31. The summed E-state index contributed by atoms with van der Waals surface area (Å²) < 4.78 is 31.5. The Kier molecular flexibility index (Phi) is 7.84. The molecule has 0 unspecified atom stereocenters. The molecule has 0 amide bonds. The molecular formula is C30H37N7O2S. The van der Waals surface area contributed by atoms with E-state index in [0.717, 1.165) is 68.0 Å². The van der Waals surface area contributed by atoms with E-state index in [0.29, 0.717) is 17.4 Å². The van der Waals surface area contributed by atoms with Gasteiger partial charge in [-0.15, -0.1) is 0 Å². The Morgan fingerprint density at radius 3 is 2.58 bits per heavy atom. The van der Waals surface area contributed by atoms with E-state index in [1.165, 1.54) is 18.4 Å². The maximum atomic E-state index is 13.8. The van der Waals surface area contributed by atoms with Gasteiger partial charge >= 0.3 is 0 Å². The largest absolute Gasteiger partial charge is 0.324 e. The molecule has 0 saturated carbocycles. The number of aromatic nitrogens is 3. The molecule has 0 atom stereocenters. The highest BCUT2D eigenvalue weighted by Gasteiger charge is 2.32. The molecule has 9 nitrogen and oxygen atoms in total. The zero-order valence-corrected chi connectivity index (χ0v) is 23.8. The summed E-state index contributed by atoms with van der Waals surface area (Å²) in [6, 6.07) is 17.3. The van der Waals surface area contributed by atoms with E-state index in [9.17, 15) is 8.42 Å². The molecule has 2 aromatic carbocycles. The number of nitrogens with zero attached hydrogens (tertiary/aromatic N) is 5. The highest BCUT2D eigenvalue weighted by molar-refractivity contribution is 7.89. The molecule has 4 aromatic rings. The maximum Gasteiger partial charge on any atom is 0.243 e. The van der Waals surface area contributed by atoms with Crippen LogP contribution < -0.4 is 10.6 Å². The Morgan fingerprint density at radius 1 is 1.02 bits per heavy atom. The van der Waals surface area contributed by atoms with Crippen molar-refractivity contribution in [2.24, 2.45) is 0 Å². The topological polar surface area (TPSA) is 95.4 Å². The van der Waals surface area contributed by atoms with E-state index in [4.69, 9.17) is 4.98 Å². The minimum atomic E-state index is -3.63. The van der Waals surface area contributed by atoms with Crippen LogP contribution in [0.3, 0.4) is 0 Å². The van der Waals surface area contributed by atoms with Crippen molar-refractivity contribution < 1.29 is 8.42 Å². The lowest BCUT2D eigenvalue weighted by Gasteiger charge is -2.34. The first-order chi connectivity index (χ1) is 19.5. The summed E-state index contributed by atoms with van der Waals surface area (Å²) in [5.41, 5.74) is 3.02. The van der Waals surface area contributed by atoms with Crippen molar-refractivity contribution in [3.8, 4) is 5.82 Å². The van der Waals surface area contributed by atoms with Crippen LogP contribution in [0.15, 0.2) is 71.9 Å². The van der Waals surface area contributed by atoms with Crippen LogP contribution in [0.25, 0.3) is 16.7 Å². The number of benzene rings is 2. The molecule has 2 N–H and O–H groups in total. The molecule has 4 heterocycles. The van der Waals surface area contributed by atoms with E-state index >= 15 is 0 Å². The first-order valence-corrected chi connectivity index (χ1v) is 15.6. The second kappa shape index (κ2) is 11.7. The van der Waals surface area contributed by atoms with E-state index in [-0.39, 0.29) is 6.04 Å². The lowest BCUT2D eigenvalue weighted by Crippen LogP contribution is -2.48. The van der Waals surface area contributed by atoms with Crippen LogP contribution in [-0.2, 0) is 10.0 Å². The summed E-state index contributed by atoms with van der Waals surface area (Å²) in [7, 11) is -3.63. The van der Waals surface area contributed by atoms with Crippen molar-refractivity contribution >= 4 is 32.6 Å². The summed E-state index contributed by atoms with van der Waals surface area (Å²) >= 11 is 0. The van der Waals surface area contributed by atoms with Crippen LogP contribution in [0.2, 0.25) is 0 Å². The van der Waals surface area contributed by atoms with Crippen LogP contribution in [0.4, 0.5) is 11.6 Å². The van der Waals surface area contributed by atoms with E-state index in [2.05, 4.69) is 51.7 Å². The number of piperidine rings is 1. The van der Waals surface area contributed by atoms with Gasteiger partial charge in [-0.2, -0.15) is 9.29 Å². The minimum Gasteiger partial charge on any atom is -0.324 e. The predicted molar refractivity (Wildman–Crippen MR) is 159 cm³/mol. The van der Waals surface area contributed by atoms with Gasteiger partial charge in [0, 0.05) is 42.6 Å². The molecule has 0 bridgehead atoms. The Hall–Kier alpha value is -3.31. The first-order valence-electron chi connectivity index (χ1n) is 14.2. The summed E-state index contributed by atoms with van der Waals surface area (Å²) in [4.78, 5) is 11.8. The van der Waals surface area contributed by atoms with Gasteiger partial charge in [0.05, 0.1) is 10.4 Å². The normalized spacial score (nSPS) is 17.1. The van der Waals surface area contributed by atoms with Crippen LogP contribution in [0.1, 0.15) is 31.2 Å². The fraction of sp³-hybridized carbons (Fsp3) is 0.400. The Balaban J connectivity index is 1.19. The van der Waals surface area contributed by atoms with Crippen molar-refractivity contribution in [2.45, 2.75) is 43.5 Å². The van der Waals surface area contributed by atoms with Gasteiger partial charge in [-0.25, -0.2) is 13.4 Å². The third kappa shape index (κ3) is 5.76. The van der Waals surface area contributed by atoms with Crippen LogP contribution >= 0.6 is 0 Å². The third-order valence-corrected chi connectivity index (χ3v) is 9.97. The Morgan fingerprint density at radius 2 is 1.80 bits per heavy atom. The molecular weight excluding hydrogens is 522 g/mol. The smallest absolute Gasteiger partial charge is 0.243 e. The fourth-order valence-corrected chi connectivity index (χ4v) is 7.50. The molecule has 2 aliphatic rings. The number of fused-ring (bicyclic) bond motifs is 1. The highest BCUT2D eigenvalue weighted by atomic mass is 32.2. The van der Waals surface area contributed by atoms with Gasteiger partial charge in [0.25, 0.3) is 0 Å². The van der Waals surface area contributed by atoms with Gasteiger partial charge in [-0.1, -0.05) is 11.6 Å².